The quantitative estimate of drug-likeness (QED) is 0.785. The first-order valence-electron chi connectivity index (χ1n) is 10.7. The first-order chi connectivity index (χ1) is 14.1. The third kappa shape index (κ3) is 5.52. The number of benzene rings is 1. The maximum absolute atomic E-state index is 13.0. The third-order valence-electron chi connectivity index (χ3n) is 5.94. The standard InChI is InChI=1S/C23H32N2O5/c1-23(2,3)30-22(29)25-14-18-7-5-4-6-17(18)12-19(25)20(26)24-13-15-8-10-16(11-9-15)21(27)28/h4-7,15-16,19H,8-14H2,1-3H3,(H,24,26)(H,27,28)/t15?,16?,19-/m1/s1. The molecule has 1 aliphatic carbocycles. The summed E-state index contributed by atoms with van der Waals surface area (Å²) >= 11 is 0. The summed E-state index contributed by atoms with van der Waals surface area (Å²) in [7, 11) is 0. The van der Waals surface area contributed by atoms with Crippen LogP contribution in [0.1, 0.15) is 57.6 Å². The number of carbonyl (C=O) groups excluding carboxylic acids is 2. The van der Waals surface area contributed by atoms with Crippen molar-refractivity contribution in [2.75, 3.05) is 6.54 Å². The lowest BCUT2D eigenvalue weighted by molar-refractivity contribution is -0.143. The Kier molecular flexibility index (Phi) is 6.68. The molecule has 0 bridgehead atoms. The molecule has 2 aliphatic rings. The number of rotatable bonds is 4. The Morgan fingerprint density at radius 1 is 1.10 bits per heavy atom. The van der Waals surface area contributed by atoms with Crippen molar-refractivity contribution >= 4 is 18.0 Å². The van der Waals surface area contributed by atoms with Crippen molar-refractivity contribution in [2.24, 2.45) is 11.8 Å². The second-order valence-corrected chi connectivity index (χ2v) is 9.40. The maximum Gasteiger partial charge on any atom is 0.411 e. The molecule has 7 heteroatoms. The van der Waals surface area contributed by atoms with Gasteiger partial charge in [0.1, 0.15) is 11.6 Å². The van der Waals surface area contributed by atoms with Gasteiger partial charge in [0, 0.05) is 13.0 Å². The highest BCUT2D eigenvalue weighted by molar-refractivity contribution is 5.86. The normalized spacial score (nSPS) is 24.0. The van der Waals surface area contributed by atoms with Crippen molar-refractivity contribution in [3.63, 3.8) is 0 Å². The molecule has 30 heavy (non-hydrogen) atoms. The fourth-order valence-corrected chi connectivity index (χ4v) is 4.25. The van der Waals surface area contributed by atoms with Crippen LogP contribution in [0.2, 0.25) is 0 Å². The summed E-state index contributed by atoms with van der Waals surface area (Å²) in [5.41, 5.74) is 1.46. The number of ether oxygens (including phenoxy) is 1. The average molecular weight is 417 g/mol. The Hall–Kier alpha value is -2.57. The molecule has 1 atom stereocenters. The van der Waals surface area contributed by atoms with Gasteiger partial charge in [-0.3, -0.25) is 14.5 Å². The van der Waals surface area contributed by atoms with Gasteiger partial charge in [-0.1, -0.05) is 24.3 Å². The summed E-state index contributed by atoms with van der Waals surface area (Å²) in [5.74, 6) is -0.910. The third-order valence-corrected chi connectivity index (χ3v) is 5.94. The van der Waals surface area contributed by atoms with Gasteiger partial charge in [-0.15, -0.1) is 0 Å². The van der Waals surface area contributed by atoms with Gasteiger partial charge in [-0.25, -0.2) is 4.79 Å². The summed E-state index contributed by atoms with van der Waals surface area (Å²) < 4.78 is 5.55. The molecule has 2 N–H and O–H groups in total. The van der Waals surface area contributed by atoms with Crippen LogP contribution < -0.4 is 5.32 Å². The minimum Gasteiger partial charge on any atom is -0.481 e. The minimum atomic E-state index is -0.730. The molecule has 164 valence electrons. The SMILES string of the molecule is CC(C)(C)OC(=O)N1Cc2ccccc2C[C@@H]1C(=O)NCC1CCC(C(=O)O)CC1. The number of nitrogens with one attached hydrogen (secondary N) is 1. The molecule has 1 aromatic rings. The van der Waals surface area contributed by atoms with Crippen molar-refractivity contribution in [3.05, 3.63) is 35.4 Å². The van der Waals surface area contributed by atoms with E-state index in [1.165, 1.54) is 4.90 Å². The predicted molar refractivity (Wildman–Crippen MR) is 112 cm³/mol. The van der Waals surface area contributed by atoms with Crippen molar-refractivity contribution in [1.29, 1.82) is 0 Å². The second-order valence-electron chi connectivity index (χ2n) is 9.40. The smallest absolute Gasteiger partial charge is 0.411 e. The monoisotopic (exact) mass is 416 g/mol. The molecule has 0 aromatic heterocycles. The van der Waals surface area contributed by atoms with Gasteiger partial charge in [0.15, 0.2) is 0 Å². The number of carboxylic acid groups (broad SMARTS) is 1. The van der Waals surface area contributed by atoms with Gasteiger partial charge in [0.05, 0.1) is 12.5 Å². The predicted octanol–water partition coefficient (Wildman–Crippen LogP) is 3.36. The minimum absolute atomic E-state index is 0.185. The number of aliphatic carboxylic acids is 1. The number of hydrogen-bond donors (Lipinski definition) is 2. The highest BCUT2D eigenvalue weighted by Crippen LogP contribution is 2.29. The molecule has 1 saturated carbocycles. The van der Waals surface area contributed by atoms with E-state index in [1.807, 2.05) is 45.0 Å². The zero-order valence-electron chi connectivity index (χ0n) is 18.0. The van der Waals surface area contributed by atoms with Crippen LogP contribution in [-0.4, -0.2) is 46.2 Å². The molecule has 0 saturated heterocycles. The van der Waals surface area contributed by atoms with Crippen LogP contribution in [0.3, 0.4) is 0 Å². The van der Waals surface area contributed by atoms with Gasteiger partial charge in [-0.05, 0) is 63.5 Å². The van der Waals surface area contributed by atoms with Crippen LogP contribution in [0.4, 0.5) is 4.79 Å². The summed E-state index contributed by atoms with van der Waals surface area (Å²) in [6.45, 7) is 6.28. The van der Waals surface area contributed by atoms with E-state index in [2.05, 4.69) is 5.32 Å². The highest BCUT2D eigenvalue weighted by atomic mass is 16.6. The lowest BCUT2D eigenvalue weighted by Crippen LogP contribution is -2.54. The fourth-order valence-electron chi connectivity index (χ4n) is 4.25. The molecule has 0 radical (unpaired) electrons. The lowest BCUT2D eigenvalue weighted by atomic mass is 9.82. The zero-order valence-corrected chi connectivity index (χ0v) is 18.0. The number of amides is 2. The van der Waals surface area contributed by atoms with E-state index in [1.54, 1.807) is 0 Å². The molecule has 1 aromatic carbocycles. The van der Waals surface area contributed by atoms with E-state index < -0.39 is 23.7 Å². The Morgan fingerprint density at radius 2 is 1.73 bits per heavy atom. The van der Waals surface area contributed by atoms with Crippen molar-refractivity contribution in [3.8, 4) is 0 Å². The molecule has 3 rings (SSSR count). The van der Waals surface area contributed by atoms with Gasteiger partial charge in [0.25, 0.3) is 0 Å². The van der Waals surface area contributed by atoms with Gasteiger partial charge >= 0.3 is 12.1 Å². The van der Waals surface area contributed by atoms with Crippen LogP contribution in [0.25, 0.3) is 0 Å². The van der Waals surface area contributed by atoms with E-state index in [-0.39, 0.29) is 17.7 Å². The van der Waals surface area contributed by atoms with Crippen molar-refractivity contribution in [1.82, 2.24) is 10.2 Å². The van der Waals surface area contributed by atoms with Crippen molar-refractivity contribution in [2.45, 2.75) is 71.1 Å². The molecule has 1 fully saturated rings. The fraction of sp³-hybridized carbons (Fsp3) is 0.609. The number of fused-ring (bicyclic) bond motifs is 1. The Labute approximate surface area is 177 Å². The molecule has 1 aliphatic heterocycles. The van der Waals surface area contributed by atoms with Gasteiger partial charge < -0.3 is 15.2 Å². The van der Waals surface area contributed by atoms with Crippen LogP contribution >= 0.6 is 0 Å². The molecule has 2 amide bonds. The van der Waals surface area contributed by atoms with E-state index in [4.69, 9.17) is 9.84 Å². The molecular weight excluding hydrogens is 384 g/mol. The topological polar surface area (TPSA) is 95.9 Å². The first kappa shape index (κ1) is 22.1. The van der Waals surface area contributed by atoms with E-state index in [9.17, 15) is 14.4 Å². The number of hydrogen-bond acceptors (Lipinski definition) is 4. The summed E-state index contributed by atoms with van der Waals surface area (Å²) in [6, 6.07) is 7.22. The van der Waals surface area contributed by atoms with E-state index in [0.717, 1.165) is 24.0 Å². The summed E-state index contributed by atoms with van der Waals surface area (Å²) in [4.78, 5) is 38.5. The Bertz CT molecular complexity index is 793. The Balaban J connectivity index is 1.65. The molecule has 1 heterocycles. The molecule has 0 unspecified atom stereocenters. The largest absolute Gasteiger partial charge is 0.481 e. The van der Waals surface area contributed by atoms with Gasteiger partial charge in [0.2, 0.25) is 5.91 Å². The Morgan fingerprint density at radius 3 is 2.33 bits per heavy atom. The number of carboxylic acids is 1. The molecule has 0 spiro atoms. The van der Waals surface area contributed by atoms with Gasteiger partial charge in [-0.2, -0.15) is 0 Å². The lowest BCUT2D eigenvalue weighted by Gasteiger charge is -2.37. The molecule has 7 nitrogen and oxygen atoms in total. The summed E-state index contributed by atoms with van der Waals surface area (Å²) in [5, 5.41) is 12.1. The number of carbonyl (C=O) groups is 3. The van der Waals surface area contributed by atoms with Crippen LogP contribution in [0.5, 0.6) is 0 Å². The maximum atomic E-state index is 13.0. The number of nitrogens with zero attached hydrogens (tertiary/aromatic N) is 1. The highest BCUT2D eigenvalue weighted by Gasteiger charge is 2.37. The zero-order chi connectivity index (χ0) is 21.9. The van der Waals surface area contributed by atoms with E-state index >= 15 is 0 Å². The average Bonchev–Trinajstić information content (AvgIpc) is 2.70. The van der Waals surface area contributed by atoms with Crippen LogP contribution in [0, 0.1) is 11.8 Å². The van der Waals surface area contributed by atoms with Crippen LogP contribution in [-0.2, 0) is 27.3 Å². The first-order valence-corrected chi connectivity index (χ1v) is 10.7. The van der Waals surface area contributed by atoms with Crippen LogP contribution in [0.15, 0.2) is 24.3 Å². The summed E-state index contributed by atoms with van der Waals surface area (Å²) in [6.07, 6.45) is 2.85. The molecular formula is C23H32N2O5. The van der Waals surface area contributed by atoms with E-state index in [0.29, 0.717) is 32.4 Å². The van der Waals surface area contributed by atoms with Crippen molar-refractivity contribution < 1.29 is 24.2 Å². The second kappa shape index (κ2) is 9.06.